The molecule has 1 aliphatic rings. The van der Waals surface area contributed by atoms with E-state index in [1.807, 2.05) is 6.92 Å². The molecule has 19 heavy (non-hydrogen) atoms. The largest absolute Gasteiger partial charge is 0.416 e. The molecular formula is C15H20F3N. The maximum atomic E-state index is 13.1. The summed E-state index contributed by atoms with van der Waals surface area (Å²) in [6.45, 7) is 4.95. The van der Waals surface area contributed by atoms with E-state index < -0.39 is 11.7 Å². The van der Waals surface area contributed by atoms with E-state index in [-0.39, 0.29) is 11.8 Å². The quantitative estimate of drug-likeness (QED) is 0.869. The SMILES string of the molecule is CCNC1CCC(c2ccccc2C(F)(F)F)C1C. The first-order chi connectivity index (χ1) is 8.95. The van der Waals surface area contributed by atoms with Gasteiger partial charge in [-0.2, -0.15) is 13.2 Å². The van der Waals surface area contributed by atoms with Gasteiger partial charge in [-0.3, -0.25) is 0 Å². The van der Waals surface area contributed by atoms with E-state index in [1.165, 1.54) is 12.1 Å². The van der Waals surface area contributed by atoms with Gasteiger partial charge in [0.15, 0.2) is 0 Å². The number of hydrogen-bond donors (Lipinski definition) is 1. The van der Waals surface area contributed by atoms with Gasteiger partial charge in [-0.1, -0.05) is 32.0 Å². The molecule has 0 saturated heterocycles. The first-order valence-corrected chi connectivity index (χ1v) is 6.84. The number of rotatable bonds is 3. The van der Waals surface area contributed by atoms with Gasteiger partial charge in [0.05, 0.1) is 5.56 Å². The molecule has 1 N–H and O–H groups in total. The van der Waals surface area contributed by atoms with Crippen LogP contribution in [-0.4, -0.2) is 12.6 Å². The molecule has 0 amide bonds. The third-order valence-corrected chi connectivity index (χ3v) is 4.19. The van der Waals surface area contributed by atoms with Crippen LogP contribution >= 0.6 is 0 Å². The van der Waals surface area contributed by atoms with Crippen LogP contribution in [0.15, 0.2) is 24.3 Å². The first-order valence-electron chi connectivity index (χ1n) is 6.84. The standard InChI is InChI=1S/C15H20F3N/c1-3-19-14-9-8-11(10(14)2)12-6-4-5-7-13(12)15(16,17)18/h4-7,10-11,14,19H,3,8-9H2,1-2H3. The number of nitrogens with one attached hydrogen (secondary N) is 1. The Hall–Kier alpha value is -1.03. The normalized spacial score (nSPS) is 27.7. The fourth-order valence-electron chi connectivity index (χ4n) is 3.23. The molecule has 0 spiro atoms. The lowest BCUT2D eigenvalue weighted by molar-refractivity contribution is -0.138. The topological polar surface area (TPSA) is 12.0 Å². The van der Waals surface area contributed by atoms with Crippen molar-refractivity contribution in [3.63, 3.8) is 0 Å². The Morgan fingerprint density at radius 3 is 2.53 bits per heavy atom. The van der Waals surface area contributed by atoms with Gasteiger partial charge in [0.25, 0.3) is 0 Å². The summed E-state index contributed by atoms with van der Waals surface area (Å²) in [7, 11) is 0. The van der Waals surface area contributed by atoms with Crippen LogP contribution < -0.4 is 5.32 Å². The maximum Gasteiger partial charge on any atom is 0.416 e. The molecule has 1 saturated carbocycles. The smallest absolute Gasteiger partial charge is 0.314 e. The summed E-state index contributed by atoms with van der Waals surface area (Å²) in [5, 5.41) is 3.37. The number of hydrogen-bond acceptors (Lipinski definition) is 1. The van der Waals surface area contributed by atoms with Crippen LogP contribution in [0.4, 0.5) is 13.2 Å². The molecule has 1 aromatic rings. The second-order valence-electron chi connectivity index (χ2n) is 5.29. The van der Waals surface area contributed by atoms with E-state index in [0.29, 0.717) is 11.6 Å². The molecule has 0 radical (unpaired) electrons. The van der Waals surface area contributed by atoms with E-state index >= 15 is 0 Å². The van der Waals surface area contributed by atoms with E-state index in [0.717, 1.165) is 19.4 Å². The average molecular weight is 271 g/mol. The highest BCUT2D eigenvalue weighted by molar-refractivity contribution is 5.34. The van der Waals surface area contributed by atoms with Crippen molar-refractivity contribution in [1.82, 2.24) is 5.32 Å². The Morgan fingerprint density at radius 2 is 1.89 bits per heavy atom. The van der Waals surface area contributed by atoms with Gasteiger partial charge >= 0.3 is 6.18 Å². The summed E-state index contributed by atoms with van der Waals surface area (Å²) in [5.41, 5.74) is -0.00750. The van der Waals surface area contributed by atoms with Crippen molar-refractivity contribution in [2.24, 2.45) is 5.92 Å². The van der Waals surface area contributed by atoms with Gasteiger partial charge in [0, 0.05) is 6.04 Å². The third kappa shape index (κ3) is 2.94. The highest BCUT2D eigenvalue weighted by Gasteiger charge is 2.39. The van der Waals surface area contributed by atoms with Crippen molar-refractivity contribution in [2.45, 2.75) is 44.8 Å². The molecule has 1 aromatic carbocycles. The van der Waals surface area contributed by atoms with E-state index in [2.05, 4.69) is 12.2 Å². The van der Waals surface area contributed by atoms with Crippen LogP contribution in [0, 0.1) is 5.92 Å². The molecule has 1 fully saturated rings. The van der Waals surface area contributed by atoms with E-state index in [1.54, 1.807) is 12.1 Å². The number of benzene rings is 1. The highest BCUT2D eigenvalue weighted by Crippen LogP contribution is 2.44. The maximum absolute atomic E-state index is 13.1. The molecule has 4 heteroatoms. The lowest BCUT2D eigenvalue weighted by Crippen LogP contribution is -2.32. The molecule has 3 atom stereocenters. The second kappa shape index (κ2) is 5.53. The Bertz CT molecular complexity index is 428. The van der Waals surface area contributed by atoms with Crippen LogP contribution in [0.25, 0.3) is 0 Å². The summed E-state index contributed by atoms with van der Waals surface area (Å²) in [6, 6.07) is 6.34. The predicted octanol–water partition coefficient (Wildman–Crippen LogP) is 4.20. The zero-order valence-corrected chi connectivity index (χ0v) is 11.3. The van der Waals surface area contributed by atoms with Crippen molar-refractivity contribution in [3.8, 4) is 0 Å². The molecule has 106 valence electrons. The third-order valence-electron chi connectivity index (χ3n) is 4.19. The molecule has 2 rings (SSSR count). The van der Waals surface area contributed by atoms with Crippen molar-refractivity contribution in [2.75, 3.05) is 6.54 Å². The number of halogens is 3. The lowest BCUT2D eigenvalue weighted by Gasteiger charge is -2.24. The fourth-order valence-corrected chi connectivity index (χ4v) is 3.23. The summed E-state index contributed by atoms with van der Waals surface area (Å²) in [6.07, 6.45) is -2.48. The Kier molecular flexibility index (Phi) is 4.19. The van der Waals surface area contributed by atoms with Crippen LogP contribution in [0.2, 0.25) is 0 Å². The molecule has 0 aromatic heterocycles. The summed E-state index contributed by atoms with van der Waals surface area (Å²) < 4.78 is 39.2. The van der Waals surface area contributed by atoms with Crippen molar-refractivity contribution in [3.05, 3.63) is 35.4 Å². The van der Waals surface area contributed by atoms with Gasteiger partial charge < -0.3 is 5.32 Å². The molecule has 3 unspecified atom stereocenters. The van der Waals surface area contributed by atoms with Crippen LogP contribution in [0.3, 0.4) is 0 Å². The van der Waals surface area contributed by atoms with Crippen LogP contribution in [0.1, 0.15) is 43.7 Å². The molecule has 1 aliphatic carbocycles. The average Bonchev–Trinajstić information content (AvgIpc) is 2.71. The highest BCUT2D eigenvalue weighted by atomic mass is 19.4. The molecule has 0 heterocycles. The van der Waals surface area contributed by atoms with E-state index in [9.17, 15) is 13.2 Å². The lowest BCUT2D eigenvalue weighted by atomic mass is 9.86. The minimum atomic E-state index is -4.26. The van der Waals surface area contributed by atoms with Crippen molar-refractivity contribution < 1.29 is 13.2 Å². The van der Waals surface area contributed by atoms with Gasteiger partial charge in [-0.05, 0) is 42.9 Å². The Morgan fingerprint density at radius 1 is 1.21 bits per heavy atom. The zero-order chi connectivity index (χ0) is 14.0. The van der Waals surface area contributed by atoms with Crippen LogP contribution in [0.5, 0.6) is 0 Å². The van der Waals surface area contributed by atoms with Gasteiger partial charge in [-0.15, -0.1) is 0 Å². The fraction of sp³-hybridized carbons (Fsp3) is 0.600. The monoisotopic (exact) mass is 271 g/mol. The van der Waals surface area contributed by atoms with Gasteiger partial charge in [-0.25, -0.2) is 0 Å². The molecule has 0 bridgehead atoms. The minimum Gasteiger partial charge on any atom is -0.314 e. The number of alkyl halides is 3. The van der Waals surface area contributed by atoms with Crippen molar-refractivity contribution >= 4 is 0 Å². The molecular weight excluding hydrogens is 251 g/mol. The second-order valence-corrected chi connectivity index (χ2v) is 5.29. The van der Waals surface area contributed by atoms with E-state index in [4.69, 9.17) is 0 Å². The Balaban J connectivity index is 2.28. The Labute approximate surface area is 112 Å². The minimum absolute atomic E-state index is 0.00174. The van der Waals surface area contributed by atoms with Crippen LogP contribution in [-0.2, 0) is 6.18 Å². The van der Waals surface area contributed by atoms with Gasteiger partial charge in [0.1, 0.15) is 0 Å². The summed E-state index contributed by atoms with van der Waals surface area (Å²) in [4.78, 5) is 0. The molecule has 0 aliphatic heterocycles. The molecule has 1 nitrogen and oxygen atoms in total. The predicted molar refractivity (Wildman–Crippen MR) is 70.0 cm³/mol. The van der Waals surface area contributed by atoms with Crippen molar-refractivity contribution in [1.29, 1.82) is 0 Å². The zero-order valence-electron chi connectivity index (χ0n) is 11.3. The summed E-state index contributed by atoms with van der Waals surface area (Å²) >= 11 is 0. The van der Waals surface area contributed by atoms with Gasteiger partial charge in [0.2, 0.25) is 0 Å². The summed E-state index contributed by atoms with van der Waals surface area (Å²) in [5.74, 6) is 0.241. The first kappa shape index (κ1) is 14.4.